The van der Waals surface area contributed by atoms with E-state index in [0.29, 0.717) is 24.7 Å². The predicted molar refractivity (Wildman–Crippen MR) is 96.1 cm³/mol. The van der Waals surface area contributed by atoms with E-state index in [1.165, 1.54) is 18.4 Å². The van der Waals surface area contributed by atoms with Gasteiger partial charge in [0.1, 0.15) is 0 Å². The lowest BCUT2D eigenvalue weighted by Crippen LogP contribution is -2.25. The number of H-pyrrole nitrogens is 1. The Hall–Kier alpha value is -3.13. The van der Waals surface area contributed by atoms with E-state index < -0.39 is 0 Å². The molecule has 124 valence electrons. The molecule has 0 saturated heterocycles. The smallest absolute Gasteiger partial charge is 0.287 e. The van der Waals surface area contributed by atoms with E-state index in [0.717, 1.165) is 16.6 Å². The van der Waals surface area contributed by atoms with Gasteiger partial charge in [0.05, 0.1) is 11.0 Å². The van der Waals surface area contributed by atoms with Gasteiger partial charge in [-0.25, -0.2) is 4.98 Å². The number of fused-ring (bicyclic) bond motifs is 1. The van der Waals surface area contributed by atoms with Crippen LogP contribution in [0.25, 0.3) is 11.0 Å². The number of hydrogen-bond donors (Lipinski definition) is 2. The van der Waals surface area contributed by atoms with Crippen molar-refractivity contribution < 1.29 is 4.79 Å². The van der Waals surface area contributed by atoms with Crippen molar-refractivity contribution in [3.63, 3.8) is 0 Å². The Morgan fingerprint density at radius 3 is 3.00 bits per heavy atom. The lowest BCUT2D eigenvalue weighted by Gasteiger charge is -1.99. The number of pyridine rings is 1. The molecule has 0 aliphatic heterocycles. The second-order valence-electron chi connectivity index (χ2n) is 6.19. The van der Waals surface area contributed by atoms with Crippen molar-refractivity contribution in [3.8, 4) is 11.8 Å². The van der Waals surface area contributed by atoms with Crippen LogP contribution >= 0.6 is 0 Å². The van der Waals surface area contributed by atoms with Gasteiger partial charge in [-0.1, -0.05) is 24.0 Å². The molecule has 0 bridgehead atoms. The van der Waals surface area contributed by atoms with Gasteiger partial charge in [-0.3, -0.25) is 9.78 Å². The van der Waals surface area contributed by atoms with Crippen LogP contribution in [-0.4, -0.2) is 27.4 Å². The Balaban J connectivity index is 1.30. The second kappa shape index (κ2) is 6.78. The molecular formula is C20H18N4O. The number of nitrogens with zero attached hydrogens (tertiary/aromatic N) is 2. The van der Waals surface area contributed by atoms with Crippen molar-refractivity contribution in [2.24, 2.45) is 0 Å². The molecule has 1 amide bonds. The van der Waals surface area contributed by atoms with Crippen LogP contribution < -0.4 is 5.32 Å². The molecule has 0 atom stereocenters. The van der Waals surface area contributed by atoms with Crippen LogP contribution in [0.1, 0.15) is 46.9 Å². The van der Waals surface area contributed by atoms with E-state index in [1.807, 2.05) is 30.5 Å². The molecule has 1 aliphatic carbocycles. The van der Waals surface area contributed by atoms with Crippen molar-refractivity contribution in [2.45, 2.75) is 25.2 Å². The van der Waals surface area contributed by atoms with Crippen LogP contribution in [-0.2, 0) is 0 Å². The molecule has 5 heteroatoms. The number of para-hydroxylation sites is 2. The summed E-state index contributed by atoms with van der Waals surface area (Å²) >= 11 is 0. The first-order valence-corrected chi connectivity index (χ1v) is 8.46. The zero-order chi connectivity index (χ0) is 17.1. The molecule has 0 spiro atoms. The number of nitrogens with one attached hydrogen (secondary N) is 2. The molecule has 0 unspecified atom stereocenters. The Bertz CT molecular complexity index is 943. The van der Waals surface area contributed by atoms with Gasteiger partial charge in [0, 0.05) is 30.9 Å². The molecule has 1 fully saturated rings. The number of aromatic amines is 1. The molecule has 2 N–H and O–H groups in total. The van der Waals surface area contributed by atoms with Crippen molar-refractivity contribution in [3.05, 3.63) is 59.7 Å². The molecule has 25 heavy (non-hydrogen) atoms. The largest absolute Gasteiger partial charge is 0.348 e. The predicted octanol–water partition coefficient (Wildman–Crippen LogP) is 3.01. The van der Waals surface area contributed by atoms with Crippen LogP contribution in [0.4, 0.5) is 0 Å². The maximum atomic E-state index is 12.1. The van der Waals surface area contributed by atoms with Crippen LogP contribution in [0.3, 0.4) is 0 Å². The van der Waals surface area contributed by atoms with Gasteiger partial charge in [0.2, 0.25) is 0 Å². The summed E-state index contributed by atoms with van der Waals surface area (Å²) in [5.41, 5.74) is 3.86. The molecule has 2 heterocycles. The lowest BCUT2D eigenvalue weighted by molar-refractivity contribution is 0.0945. The minimum absolute atomic E-state index is 0.213. The Kier molecular flexibility index (Phi) is 4.17. The highest BCUT2D eigenvalue weighted by Gasteiger charge is 2.23. The number of amides is 1. The third-order valence-electron chi connectivity index (χ3n) is 4.18. The second-order valence-corrected chi connectivity index (χ2v) is 6.19. The molecule has 4 rings (SSSR count). The van der Waals surface area contributed by atoms with E-state index in [4.69, 9.17) is 0 Å². The van der Waals surface area contributed by atoms with E-state index in [-0.39, 0.29) is 5.91 Å². The third-order valence-corrected chi connectivity index (χ3v) is 4.18. The highest BCUT2D eigenvalue weighted by Crippen LogP contribution is 2.39. The van der Waals surface area contributed by atoms with Crippen molar-refractivity contribution >= 4 is 16.9 Å². The normalized spacial score (nSPS) is 13.3. The van der Waals surface area contributed by atoms with E-state index in [9.17, 15) is 4.79 Å². The van der Waals surface area contributed by atoms with Gasteiger partial charge in [0.25, 0.3) is 5.91 Å². The summed E-state index contributed by atoms with van der Waals surface area (Å²) in [6.07, 6.45) is 6.81. The highest BCUT2D eigenvalue weighted by molar-refractivity contribution is 5.94. The minimum atomic E-state index is -0.213. The van der Waals surface area contributed by atoms with Gasteiger partial charge in [-0.05, 0) is 42.5 Å². The summed E-state index contributed by atoms with van der Waals surface area (Å²) in [6, 6.07) is 9.69. The van der Waals surface area contributed by atoms with Crippen LogP contribution in [0.15, 0.2) is 42.7 Å². The van der Waals surface area contributed by atoms with Crippen molar-refractivity contribution in [2.75, 3.05) is 6.54 Å². The Morgan fingerprint density at radius 2 is 2.16 bits per heavy atom. The fraction of sp³-hybridized carbons (Fsp3) is 0.250. The average Bonchev–Trinajstić information content (AvgIpc) is 3.40. The zero-order valence-electron chi connectivity index (χ0n) is 13.7. The summed E-state index contributed by atoms with van der Waals surface area (Å²) in [7, 11) is 0. The molecule has 1 saturated carbocycles. The van der Waals surface area contributed by atoms with Gasteiger partial charge < -0.3 is 10.3 Å². The van der Waals surface area contributed by atoms with Crippen LogP contribution in [0.2, 0.25) is 0 Å². The number of aromatic nitrogens is 3. The number of carbonyl (C=O) groups excluding carboxylic acids is 1. The first kappa shape index (κ1) is 15.4. The summed E-state index contributed by atoms with van der Waals surface area (Å²) in [5.74, 6) is 7.00. The average molecular weight is 330 g/mol. The number of imidazole rings is 1. The van der Waals surface area contributed by atoms with E-state index >= 15 is 0 Å². The Morgan fingerprint density at radius 1 is 1.28 bits per heavy atom. The first-order valence-electron chi connectivity index (χ1n) is 8.46. The topological polar surface area (TPSA) is 70.7 Å². The van der Waals surface area contributed by atoms with Gasteiger partial charge >= 0.3 is 0 Å². The van der Waals surface area contributed by atoms with E-state index in [2.05, 4.69) is 38.2 Å². The number of rotatable bonds is 4. The molecule has 2 aromatic heterocycles. The van der Waals surface area contributed by atoms with Gasteiger partial charge in [0.15, 0.2) is 5.82 Å². The fourth-order valence-electron chi connectivity index (χ4n) is 2.71. The third kappa shape index (κ3) is 3.69. The summed E-state index contributed by atoms with van der Waals surface area (Å²) < 4.78 is 0. The molecular weight excluding hydrogens is 312 g/mol. The minimum Gasteiger partial charge on any atom is -0.348 e. The van der Waals surface area contributed by atoms with Crippen LogP contribution in [0, 0.1) is 11.8 Å². The van der Waals surface area contributed by atoms with Crippen molar-refractivity contribution in [1.82, 2.24) is 20.3 Å². The molecule has 5 nitrogen and oxygen atoms in total. The van der Waals surface area contributed by atoms with Gasteiger partial charge in [-0.15, -0.1) is 0 Å². The summed E-state index contributed by atoms with van der Waals surface area (Å²) in [6.45, 7) is 0.485. The summed E-state index contributed by atoms with van der Waals surface area (Å²) in [4.78, 5) is 23.7. The first-order chi connectivity index (χ1) is 12.3. The maximum Gasteiger partial charge on any atom is 0.287 e. The molecule has 3 aromatic rings. The van der Waals surface area contributed by atoms with Crippen LogP contribution in [0.5, 0.6) is 0 Å². The lowest BCUT2D eigenvalue weighted by atomic mass is 10.1. The SMILES string of the molecule is O=C(NCCC#Cc1cncc(C2CC2)c1)c1nc2ccccc2[nH]1. The van der Waals surface area contributed by atoms with Gasteiger partial charge in [-0.2, -0.15) is 0 Å². The zero-order valence-corrected chi connectivity index (χ0v) is 13.7. The summed E-state index contributed by atoms with van der Waals surface area (Å²) in [5, 5.41) is 2.83. The number of carbonyl (C=O) groups is 1. The Labute approximate surface area is 145 Å². The fourth-order valence-corrected chi connectivity index (χ4v) is 2.71. The number of benzene rings is 1. The molecule has 1 aromatic carbocycles. The molecule has 1 aliphatic rings. The standard InChI is InChI=1S/C20H18N4O/c25-20(19-23-17-6-1-2-7-18(17)24-19)22-10-4-3-5-14-11-16(13-21-12-14)15-8-9-15/h1-2,6-7,11-13,15H,4,8-10H2,(H,22,25)(H,23,24). The maximum absolute atomic E-state index is 12.1. The van der Waals surface area contributed by atoms with E-state index in [1.54, 1.807) is 6.20 Å². The monoisotopic (exact) mass is 330 g/mol. The van der Waals surface area contributed by atoms with Crippen molar-refractivity contribution in [1.29, 1.82) is 0 Å². The number of hydrogen-bond acceptors (Lipinski definition) is 3. The highest BCUT2D eigenvalue weighted by atomic mass is 16.2. The molecule has 0 radical (unpaired) electrons. The quantitative estimate of drug-likeness (QED) is 0.571.